The lowest BCUT2D eigenvalue weighted by atomic mass is 10.0. The third-order valence-electron chi connectivity index (χ3n) is 4.56. The first-order chi connectivity index (χ1) is 10.2. The Hall–Kier alpha value is -1.55. The normalized spacial score (nSPS) is 26.6. The second-order valence-corrected chi connectivity index (χ2v) is 6.38. The Balaban J connectivity index is 1.76. The summed E-state index contributed by atoms with van der Waals surface area (Å²) < 4.78 is 5.34. The van der Waals surface area contributed by atoms with Gasteiger partial charge < -0.3 is 4.74 Å². The van der Waals surface area contributed by atoms with E-state index < -0.39 is 0 Å². The van der Waals surface area contributed by atoms with Gasteiger partial charge in [0.05, 0.1) is 6.04 Å². The number of hydrazine groups is 1. The highest BCUT2D eigenvalue weighted by Gasteiger charge is 2.42. The van der Waals surface area contributed by atoms with Crippen LogP contribution in [0.15, 0.2) is 30.3 Å². The van der Waals surface area contributed by atoms with E-state index in [-0.39, 0.29) is 12.1 Å². The lowest BCUT2D eigenvalue weighted by Crippen LogP contribution is -2.52. The molecule has 0 aromatic heterocycles. The number of ether oxygens (including phenoxy) is 1. The number of rotatable bonds is 4. The molecule has 2 heterocycles. The van der Waals surface area contributed by atoms with Gasteiger partial charge in [-0.3, -0.25) is 0 Å². The van der Waals surface area contributed by atoms with Crippen molar-refractivity contribution >= 4 is 6.09 Å². The molecule has 3 rings (SSSR count). The Kier molecular flexibility index (Phi) is 4.15. The summed E-state index contributed by atoms with van der Waals surface area (Å²) in [5, 5.41) is 4.15. The van der Waals surface area contributed by atoms with Gasteiger partial charge in [-0.25, -0.2) is 14.8 Å². The first kappa shape index (κ1) is 14.4. The fourth-order valence-electron chi connectivity index (χ4n) is 3.52. The Labute approximate surface area is 126 Å². The minimum atomic E-state index is -0.177. The molecule has 2 saturated heterocycles. The molecule has 0 aliphatic carbocycles. The summed E-state index contributed by atoms with van der Waals surface area (Å²) in [6.07, 6.45) is 3.00. The largest absolute Gasteiger partial charge is 0.446 e. The fourth-order valence-corrected chi connectivity index (χ4v) is 3.52. The van der Waals surface area contributed by atoms with Crippen LogP contribution in [-0.4, -0.2) is 41.3 Å². The smallest absolute Gasteiger partial charge is 0.424 e. The molecule has 0 spiro atoms. The second-order valence-electron chi connectivity index (χ2n) is 6.38. The average molecular weight is 288 g/mol. The van der Waals surface area contributed by atoms with Gasteiger partial charge in [-0.15, -0.1) is 0 Å². The SMILES string of the molecule is CC(C)C1CCCN1N1C(=O)OCC1Cc1ccccc1. The van der Waals surface area contributed by atoms with Crippen LogP contribution in [0.4, 0.5) is 4.79 Å². The highest BCUT2D eigenvalue weighted by atomic mass is 16.6. The van der Waals surface area contributed by atoms with Crippen molar-refractivity contribution in [2.45, 2.75) is 45.2 Å². The third kappa shape index (κ3) is 2.91. The zero-order chi connectivity index (χ0) is 14.8. The topological polar surface area (TPSA) is 32.8 Å². The number of cyclic esters (lactones) is 1. The van der Waals surface area contributed by atoms with E-state index in [9.17, 15) is 4.79 Å². The van der Waals surface area contributed by atoms with Crippen molar-refractivity contribution in [1.29, 1.82) is 0 Å². The number of amides is 1. The van der Waals surface area contributed by atoms with Crippen LogP contribution < -0.4 is 0 Å². The predicted molar refractivity (Wildman–Crippen MR) is 81.7 cm³/mol. The quantitative estimate of drug-likeness (QED) is 0.853. The second kappa shape index (κ2) is 6.06. The standard InChI is InChI=1S/C17H24N2O2/c1-13(2)16-9-6-10-18(16)19-15(12-21-17(19)20)11-14-7-4-3-5-8-14/h3-5,7-8,13,15-16H,6,9-12H2,1-2H3. The van der Waals surface area contributed by atoms with Gasteiger partial charge in [0.25, 0.3) is 0 Å². The molecule has 2 aliphatic heterocycles. The van der Waals surface area contributed by atoms with E-state index in [0.29, 0.717) is 18.6 Å². The van der Waals surface area contributed by atoms with Crippen LogP contribution in [-0.2, 0) is 11.2 Å². The Morgan fingerprint density at radius 2 is 2.05 bits per heavy atom. The Morgan fingerprint density at radius 1 is 1.29 bits per heavy atom. The minimum absolute atomic E-state index is 0.124. The van der Waals surface area contributed by atoms with Gasteiger partial charge in [-0.1, -0.05) is 44.2 Å². The maximum Gasteiger partial charge on any atom is 0.424 e. The van der Waals surface area contributed by atoms with Crippen LogP contribution in [0.3, 0.4) is 0 Å². The van der Waals surface area contributed by atoms with Crippen LogP contribution in [0.5, 0.6) is 0 Å². The molecule has 0 radical (unpaired) electrons. The maximum absolute atomic E-state index is 12.2. The maximum atomic E-state index is 12.2. The number of carbonyl (C=O) groups is 1. The van der Waals surface area contributed by atoms with E-state index in [1.807, 2.05) is 23.2 Å². The van der Waals surface area contributed by atoms with Crippen molar-refractivity contribution in [3.8, 4) is 0 Å². The average Bonchev–Trinajstić information content (AvgIpc) is 3.07. The molecule has 1 amide bonds. The monoisotopic (exact) mass is 288 g/mol. The Morgan fingerprint density at radius 3 is 2.76 bits per heavy atom. The summed E-state index contributed by atoms with van der Waals surface area (Å²) in [6, 6.07) is 10.9. The van der Waals surface area contributed by atoms with Gasteiger partial charge in [0.1, 0.15) is 6.61 Å². The summed E-state index contributed by atoms with van der Waals surface area (Å²) in [5.41, 5.74) is 1.26. The van der Waals surface area contributed by atoms with Crippen LogP contribution in [0.25, 0.3) is 0 Å². The molecule has 4 nitrogen and oxygen atoms in total. The van der Waals surface area contributed by atoms with Crippen molar-refractivity contribution in [2.75, 3.05) is 13.2 Å². The number of carbonyl (C=O) groups excluding carboxylic acids is 1. The highest BCUT2D eigenvalue weighted by molar-refractivity contribution is 5.69. The lowest BCUT2D eigenvalue weighted by molar-refractivity contribution is -0.0258. The summed E-state index contributed by atoms with van der Waals surface area (Å²) in [6.45, 7) is 5.92. The summed E-state index contributed by atoms with van der Waals surface area (Å²) in [7, 11) is 0. The van der Waals surface area contributed by atoms with E-state index >= 15 is 0 Å². The molecular formula is C17H24N2O2. The van der Waals surface area contributed by atoms with E-state index in [2.05, 4.69) is 31.0 Å². The van der Waals surface area contributed by atoms with Crippen molar-refractivity contribution in [3.63, 3.8) is 0 Å². The van der Waals surface area contributed by atoms with Crippen molar-refractivity contribution in [3.05, 3.63) is 35.9 Å². The zero-order valence-electron chi connectivity index (χ0n) is 12.9. The number of nitrogens with zero attached hydrogens (tertiary/aromatic N) is 2. The van der Waals surface area contributed by atoms with E-state index in [0.717, 1.165) is 19.4 Å². The molecule has 0 saturated carbocycles. The summed E-state index contributed by atoms with van der Waals surface area (Å²) in [5.74, 6) is 0.554. The summed E-state index contributed by atoms with van der Waals surface area (Å²) >= 11 is 0. The molecule has 2 unspecified atom stereocenters. The highest BCUT2D eigenvalue weighted by Crippen LogP contribution is 2.30. The first-order valence-corrected chi connectivity index (χ1v) is 7.93. The third-order valence-corrected chi connectivity index (χ3v) is 4.56. The van der Waals surface area contributed by atoms with Gasteiger partial charge in [0, 0.05) is 12.6 Å². The van der Waals surface area contributed by atoms with Gasteiger partial charge in [-0.2, -0.15) is 0 Å². The summed E-state index contributed by atoms with van der Waals surface area (Å²) in [4.78, 5) is 12.2. The zero-order valence-corrected chi connectivity index (χ0v) is 12.9. The number of benzene rings is 1. The van der Waals surface area contributed by atoms with Crippen LogP contribution in [0.1, 0.15) is 32.3 Å². The van der Waals surface area contributed by atoms with Crippen LogP contribution in [0.2, 0.25) is 0 Å². The molecular weight excluding hydrogens is 264 g/mol. The predicted octanol–water partition coefficient (Wildman–Crippen LogP) is 3.09. The minimum Gasteiger partial charge on any atom is -0.446 e. The molecule has 2 fully saturated rings. The molecule has 114 valence electrons. The van der Waals surface area contributed by atoms with Crippen molar-refractivity contribution in [2.24, 2.45) is 5.92 Å². The first-order valence-electron chi connectivity index (χ1n) is 7.93. The molecule has 0 bridgehead atoms. The molecule has 1 aromatic rings. The van der Waals surface area contributed by atoms with Crippen molar-refractivity contribution < 1.29 is 9.53 Å². The number of hydrogen-bond donors (Lipinski definition) is 0. The van der Waals surface area contributed by atoms with Crippen molar-refractivity contribution in [1.82, 2.24) is 10.0 Å². The molecule has 1 aromatic carbocycles. The molecule has 21 heavy (non-hydrogen) atoms. The fraction of sp³-hybridized carbons (Fsp3) is 0.588. The Bertz CT molecular complexity index is 489. The molecule has 4 heteroatoms. The molecule has 2 atom stereocenters. The van der Waals surface area contributed by atoms with Gasteiger partial charge in [0.15, 0.2) is 0 Å². The lowest BCUT2D eigenvalue weighted by Gasteiger charge is -2.36. The van der Waals surface area contributed by atoms with E-state index in [1.165, 1.54) is 12.0 Å². The van der Waals surface area contributed by atoms with E-state index in [4.69, 9.17) is 4.74 Å². The molecule has 0 N–H and O–H groups in total. The molecule has 2 aliphatic rings. The van der Waals surface area contributed by atoms with Gasteiger partial charge >= 0.3 is 6.09 Å². The van der Waals surface area contributed by atoms with Gasteiger partial charge in [0.2, 0.25) is 0 Å². The van der Waals surface area contributed by atoms with Crippen LogP contribution in [0, 0.1) is 5.92 Å². The van der Waals surface area contributed by atoms with E-state index in [1.54, 1.807) is 0 Å². The van der Waals surface area contributed by atoms with Crippen LogP contribution >= 0.6 is 0 Å². The van der Waals surface area contributed by atoms with Gasteiger partial charge in [-0.05, 0) is 30.7 Å². The number of hydrogen-bond acceptors (Lipinski definition) is 3.